The fourth-order valence-electron chi connectivity index (χ4n) is 3.18. The van der Waals surface area contributed by atoms with Gasteiger partial charge in [0.15, 0.2) is 6.10 Å². The van der Waals surface area contributed by atoms with E-state index in [1.54, 1.807) is 0 Å². The summed E-state index contributed by atoms with van der Waals surface area (Å²) >= 11 is 0. The van der Waals surface area contributed by atoms with Crippen molar-refractivity contribution in [2.24, 2.45) is 5.41 Å². The van der Waals surface area contributed by atoms with E-state index in [-0.39, 0.29) is 6.10 Å². The number of hydrogen-bond donors (Lipinski definition) is 2. The Labute approximate surface area is 109 Å². The Morgan fingerprint density at radius 1 is 1.33 bits per heavy atom. The Bertz CT molecular complexity index is 303. The van der Waals surface area contributed by atoms with Crippen molar-refractivity contribution in [3.05, 3.63) is 0 Å². The maximum atomic E-state index is 10.8. The second kappa shape index (κ2) is 5.57. The second-order valence-electron chi connectivity index (χ2n) is 6.36. The predicted molar refractivity (Wildman–Crippen MR) is 69.6 cm³/mol. The lowest BCUT2D eigenvalue weighted by molar-refractivity contribution is -0.149. The van der Waals surface area contributed by atoms with Crippen LogP contribution >= 0.6 is 0 Å². The van der Waals surface area contributed by atoms with Crippen LogP contribution in [0.1, 0.15) is 52.4 Å². The van der Waals surface area contributed by atoms with Crippen molar-refractivity contribution in [3.8, 4) is 0 Å². The molecular weight excluding hydrogens is 230 g/mol. The third-order valence-corrected chi connectivity index (χ3v) is 4.48. The maximum Gasteiger partial charge on any atom is 0.332 e. The number of ether oxygens (including phenoxy) is 1. The molecule has 1 saturated carbocycles. The van der Waals surface area contributed by atoms with Crippen LogP contribution in [0.4, 0.5) is 0 Å². The van der Waals surface area contributed by atoms with Crippen molar-refractivity contribution in [3.63, 3.8) is 0 Å². The molecule has 0 aromatic heterocycles. The number of nitrogens with one attached hydrogen (secondary N) is 1. The van der Waals surface area contributed by atoms with Crippen LogP contribution in [0.3, 0.4) is 0 Å². The molecule has 0 spiro atoms. The molecule has 0 bridgehead atoms. The van der Waals surface area contributed by atoms with E-state index in [1.807, 2.05) is 0 Å². The van der Waals surface area contributed by atoms with Gasteiger partial charge in [0.2, 0.25) is 0 Å². The summed E-state index contributed by atoms with van der Waals surface area (Å²) in [6, 6.07) is 0.540. The van der Waals surface area contributed by atoms with Crippen molar-refractivity contribution in [2.75, 3.05) is 6.54 Å². The molecule has 1 saturated heterocycles. The molecule has 0 aromatic carbocycles. The van der Waals surface area contributed by atoms with E-state index in [0.717, 1.165) is 13.0 Å². The third-order valence-electron chi connectivity index (χ3n) is 4.48. The molecule has 2 fully saturated rings. The summed E-state index contributed by atoms with van der Waals surface area (Å²) in [6.07, 6.45) is 6.11. The van der Waals surface area contributed by atoms with E-state index in [0.29, 0.717) is 17.9 Å². The normalized spacial score (nSPS) is 35.6. The molecule has 2 rings (SSSR count). The Hall–Kier alpha value is -0.610. The Morgan fingerprint density at radius 2 is 2.11 bits per heavy atom. The molecule has 1 aliphatic carbocycles. The topological polar surface area (TPSA) is 58.6 Å². The van der Waals surface area contributed by atoms with Crippen LogP contribution in [0, 0.1) is 5.41 Å². The zero-order valence-electron chi connectivity index (χ0n) is 11.4. The fraction of sp³-hybridized carbons (Fsp3) is 0.929. The molecule has 0 aromatic rings. The lowest BCUT2D eigenvalue weighted by Crippen LogP contribution is -2.46. The highest BCUT2D eigenvalue weighted by atomic mass is 16.5. The van der Waals surface area contributed by atoms with E-state index < -0.39 is 12.1 Å². The lowest BCUT2D eigenvalue weighted by Gasteiger charge is -2.39. The largest absolute Gasteiger partial charge is 0.479 e. The van der Waals surface area contributed by atoms with Gasteiger partial charge in [0.1, 0.15) is 0 Å². The van der Waals surface area contributed by atoms with Crippen LogP contribution in [0.25, 0.3) is 0 Å². The molecule has 2 aliphatic rings. The lowest BCUT2D eigenvalue weighted by atomic mass is 9.73. The quantitative estimate of drug-likeness (QED) is 0.808. The van der Waals surface area contributed by atoms with Crippen molar-refractivity contribution < 1.29 is 14.6 Å². The molecule has 4 nitrogen and oxygen atoms in total. The summed E-state index contributed by atoms with van der Waals surface area (Å²) in [6.45, 7) is 5.43. The second-order valence-corrected chi connectivity index (χ2v) is 6.36. The first-order valence-electron chi connectivity index (χ1n) is 7.11. The first-order chi connectivity index (χ1) is 8.49. The van der Waals surface area contributed by atoms with Gasteiger partial charge in [-0.3, -0.25) is 0 Å². The molecule has 1 heterocycles. The number of carboxylic acids is 1. The monoisotopic (exact) mass is 255 g/mol. The molecule has 104 valence electrons. The van der Waals surface area contributed by atoms with Crippen molar-refractivity contribution in [1.29, 1.82) is 0 Å². The van der Waals surface area contributed by atoms with Gasteiger partial charge in [-0.1, -0.05) is 26.7 Å². The third kappa shape index (κ3) is 3.23. The molecular formula is C14H25NO3. The zero-order valence-corrected chi connectivity index (χ0v) is 11.4. The number of aliphatic carboxylic acids is 1. The van der Waals surface area contributed by atoms with Gasteiger partial charge >= 0.3 is 5.97 Å². The molecule has 1 aliphatic heterocycles. The molecule has 18 heavy (non-hydrogen) atoms. The number of carboxylic acid groups (broad SMARTS) is 1. The van der Waals surface area contributed by atoms with Crippen LogP contribution in [0.5, 0.6) is 0 Å². The highest BCUT2D eigenvalue weighted by Crippen LogP contribution is 2.35. The summed E-state index contributed by atoms with van der Waals surface area (Å²) in [5.41, 5.74) is 0.350. The van der Waals surface area contributed by atoms with Gasteiger partial charge in [-0.05, 0) is 31.1 Å². The highest BCUT2D eigenvalue weighted by Gasteiger charge is 2.34. The van der Waals surface area contributed by atoms with Gasteiger partial charge in [0, 0.05) is 12.6 Å². The van der Waals surface area contributed by atoms with Gasteiger partial charge in [-0.25, -0.2) is 4.79 Å². The number of hydrogen-bond acceptors (Lipinski definition) is 3. The minimum atomic E-state index is -0.824. The van der Waals surface area contributed by atoms with E-state index in [4.69, 9.17) is 9.84 Å². The summed E-state index contributed by atoms with van der Waals surface area (Å²) in [5.74, 6) is -0.824. The van der Waals surface area contributed by atoms with Gasteiger partial charge in [-0.15, -0.1) is 0 Å². The summed E-state index contributed by atoms with van der Waals surface area (Å²) in [4.78, 5) is 10.8. The average Bonchev–Trinajstić information content (AvgIpc) is 2.76. The molecule has 3 unspecified atom stereocenters. The van der Waals surface area contributed by atoms with Crippen LogP contribution in [-0.2, 0) is 9.53 Å². The first kappa shape index (κ1) is 13.8. The smallest absolute Gasteiger partial charge is 0.332 e. The van der Waals surface area contributed by atoms with Crippen LogP contribution in [-0.4, -0.2) is 35.9 Å². The standard InChI is InChI=1S/C14H25NO3/c1-14(2)8-4-3-5-12(14)15-9-10-6-7-11(18-10)13(16)17/h10-12,15H,3-9H2,1-2H3,(H,16,17). The SMILES string of the molecule is CC1(C)CCCCC1NCC1CCC(C(=O)O)O1. The van der Waals surface area contributed by atoms with Crippen molar-refractivity contribution >= 4 is 5.97 Å². The summed E-state index contributed by atoms with van der Waals surface area (Å²) in [5, 5.41) is 12.5. The van der Waals surface area contributed by atoms with E-state index >= 15 is 0 Å². The number of carbonyl (C=O) groups is 1. The van der Waals surface area contributed by atoms with Crippen LogP contribution in [0.15, 0.2) is 0 Å². The van der Waals surface area contributed by atoms with Crippen molar-refractivity contribution in [1.82, 2.24) is 5.32 Å². The minimum absolute atomic E-state index is 0.0730. The highest BCUT2D eigenvalue weighted by molar-refractivity contribution is 5.72. The maximum absolute atomic E-state index is 10.8. The molecule has 0 radical (unpaired) electrons. The average molecular weight is 255 g/mol. The first-order valence-corrected chi connectivity index (χ1v) is 7.11. The van der Waals surface area contributed by atoms with Crippen molar-refractivity contribution in [2.45, 2.75) is 70.6 Å². The molecule has 2 N–H and O–H groups in total. The van der Waals surface area contributed by atoms with Gasteiger partial charge in [0.25, 0.3) is 0 Å². The molecule has 0 amide bonds. The Kier molecular flexibility index (Phi) is 4.28. The van der Waals surface area contributed by atoms with Gasteiger partial charge in [0.05, 0.1) is 6.10 Å². The van der Waals surface area contributed by atoms with E-state index in [1.165, 1.54) is 25.7 Å². The fourth-order valence-corrected chi connectivity index (χ4v) is 3.18. The molecule has 3 atom stereocenters. The Morgan fingerprint density at radius 3 is 2.72 bits per heavy atom. The van der Waals surface area contributed by atoms with Gasteiger partial charge in [-0.2, -0.15) is 0 Å². The Balaban J connectivity index is 1.76. The summed E-state index contributed by atoms with van der Waals surface area (Å²) < 4.78 is 5.52. The van der Waals surface area contributed by atoms with Crippen LogP contribution in [0.2, 0.25) is 0 Å². The molecule has 4 heteroatoms. The zero-order chi connectivity index (χ0) is 13.2. The van der Waals surface area contributed by atoms with Gasteiger partial charge < -0.3 is 15.2 Å². The number of rotatable bonds is 4. The summed E-state index contributed by atoms with van der Waals surface area (Å²) in [7, 11) is 0. The van der Waals surface area contributed by atoms with E-state index in [2.05, 4.69) is 19.2 Å². The minimum Gasteiger partial charge on any atom is -0.479 e. The van der Waals surface area contributed by atoms with Crippen LogP contribution < -0.4 is 5.32 Å². The van der Waals surface area contributed by atoms with E-state index in [9.17, 15) is 4.79 Å². The predicted octanol–water partition coefficient (Wildman–Crippen LogP) is 2.18.